The molecule has 1 heteroatoms. The predicted octanol–water partition coefficient (Wildman–Crippen LogP) is 20.8. The van der Waals surface area contributed by atoms with Crippen molar-refractivity contribution in [1.82, 2.24) is 0 Å². The summed E-state index contributed by atoms with van der Waals surface area (Å²) in [5, 5.41) is 4.97. The topological polar surface area (TPSA) is 3.24 Å². The smallest absolute Gasteiger partial charge is 0.0473 e. The van der Waals surface area contributed by atoms with Crippen molar-refractivity contribution in [1.29, 1.82) is 0 Å². The van der Waals surface area contributed by atoms with Gasteiger partial charge in [-0.05, 0) is 165 Å². The van der Waals surface area contributed by atoms with E-state index in [1.165, 1.54) is 88.3 Å². The van der Waals surface area contributed by atoms with Gasteiger partial charge in [0.25, 0.3) is 0 Å². The number of rotatable bonds is 11. The van der Waals surface area contributed by atoms with E-state index in [2.05, 4.69) is 314 Å². The Labute approximate surface area is 439 Å². The zero-order valence-corrected chi connectivity index (χ0v) is 41.4. The number of fused-ring (bicyclic) bond motifs is 3. The maximum Gasteiger partial charge on any atom is 0.0473 e. The quantitative estimate of drug-likeness (QED) is 0.117. The summed E-state index contributed by atoms with van der Waals surface area (Å²) in [5.74, 6) is 0. The second-order valence-electron chi connectivity index (χ2n) is 19.2. The molecule has 0 radical (unpaired) electrons. The van der Waals surface area contributed by atoms with E-state index in [4.69, 9.17) is 0 Å². The van der Waals surface area contributed by atoms with Crippen molar-refractivity contribution in [3.05, 3.63) is 309 Å². The van der Waals surface area contributed by atoms with E-state index in [0.29, 0.717) is 0 Å². The molecule has 75 heavy (non-hydrogen) atoms. The molecule has 352 valence electrons. The second kappa shape index (κ2) is 20.0. The lowest BCUT2D eigenvalue weighted by molar-refractivity contribution is 1.28. The van der Waals surface area contributed by atoms with Crippen LogP contribution in [0.4, 0.5) is 17.1 Å². The van der Waals surface area contributed by atoms with Crippen LogP contribution < -0.4 is 4.90 Å². The van der Waals surface area contributed by atoms with Gasteiger partial charge in [-0.2, -0.15) is 0 Å². The summed E-state index contributed by atoms with van der Waals surface area (Å²) >= 11 is 0. The van der Waals surface area contributed by atoms with E-state index in [0.717, 1.165) is 39.3 Å². The monoisotopic (exact) mass is 953 g/mol. The lowest BCUT2D eigenvalue weighted by atomic mass is 9.84. The molecular formula is C74H51N. The van der Waals surface area contributed by atoms with Crippen molar-refractivity contribution in [2.75, 3.05) is 4.90 Å². The van der Waals surface area contributed by atoms with Crippen molar-refractivity contribution >= 4 is 38.6 Å². The van der Waals surface area contributed by atoms with Gasteiger partial charge in [-0.15, -0.1) is 0 Å². The van der Waals surface area contributed by atoms with E-state index in [1.54, 1.807) is 0 Å². The van der Waals surface area contributed by atoms with Crippen LogP contribution in [0.3, 0.4) is 0 Å². The fourth-order valence-corrected chi connectivity index (χ4v) is 11.0. The molecule has 0 amide bonds. The summed E-state index contributed by atoms with van der Waals surface area (Å²) in [6.45, 7) is 0. The van der Waals surface area contributed by atoms with Crippen LogP contribution in [0.15, 0.2) is 309 Å². The molecule has 0 saturated carbocycles. The summed E-state index contributed by atoms with van der Waals surface area (Å²) in [5.41, 5.74) is 22.3. The van der Waals surface area contributed by atoms with Crippen molar-refractivity contribution in [2.24, 2.45) is 0 Å². The minimum atomic E-state index is 1.07. The van der Waals surface area contributed by atoms with Gasteiger partial charge in [0.1, 0.15) is 0 Å². The van der Waals surface area contributed by atoms with Crippen LogP contribution in [-0.2, 0) is 0 Å². The average Bonchev–Trinajstić information content (AvgIpc) is 3.50. The zero-order valence-electron chi connectivity index (χ0n) is 41.4. The first-order valence-corrected chi connectivity index (χ1v) is 25.8. The lowest BCUT2D eigenvalue weighted by Gasteiger charge is -2.27. The maximum atomic E-state index is 2.41. The molecule has 0 heterocycles. The highest BCUT2D eigenvalue weighted by Gasteiger charge is 2.20. The van der Waals surface area contributed by atoms with Gasteiger partial charge in [0.15, 0.2) is 0 Å². The van der Waals surface area contributed by atoms with Crippen molar-refractivity contribution < 1.29 is 0 Å². The molecule has 0 bridgehead atoms. The van der Waals surface area contributed by atoms with Gasteiger partial charge in [0.05, 0.1) is 0 Å². The highest BCUT2D eigenvalue weighted by atomic mass is 15.1. The summed E-state index contributed by atoms with van der Waals surface area (Å²) in [7, 11) is 0. The normalized spacial score (nSPS) is 11.2. The molecule has 0 saturated heterocycles. The van der Waals surface area contributed by atoms with Crippen LogP contribution in [0, 0.1) is 0 Å². The summed E-state index contributed by atoms with van der Waals surface area (Å²) in [6.07, 6.45) is 0. The largest absolute Gasteiger partial charge is 0.310 e. The van der Waals surface area contributed by atoms with Crippen molar-refractivity contribution in [2.45, 2.75) is 0 Å². The SMILES string of the molecule is c1ccc(-c2cc(-c3ccccc3)cc(N(c3ccc(-c4ccc5c(-c6ccccc6)c(-c6ccccc6)c6ccccc6c5c4)cc3)c3ccc(-c4ccc(-c5ccccc5)cc4-c4ccccc4)cc3)c2)cc1. The van der Waals surface area contributed by atoms with Crippen molar-refractivity contribution in [3.63, 3.8) is 0 Å². The number of hydrogen-bond donors (Lipinski definition) is 0. The molecule has 0 unspecified atom stereocenters. The van der Waals surface area contributed by atoms with E-state index in [1.807, 2.05) is 0 Å². The predicted molar refractivity (Wildman–Crippen MR) is 320 cm³/mol. The molecule has 0 fully saturated rings. The van der Waals surface area contributed by atoms with Gasteiger partial charge >= 0.3 is 0 Å². The zero-order chi connectivity index (χ0) is 49.9. The molecule has 13 aromatic carbocycles. The number of benzene rings is 13. The molecule has 0 aliphatic heterocycles. The molecular weight excluding hydrogens is 903 g/mol. The van der Waals surface area contributed by atoms with Gasteiger partial charge in [0, 0.05) is 17.1 Å². The third-order valence-corrected chi connectivity index (χ3v) is 14.6. The van der Waals surface area contributed by atoms with E-state index < -0.39 is 0 Å². The fourth-order valence-electron chi connectivity index (χ4n) is 11.0. The van der Waals surface area contributed by atoms with Crippen LogP contribution in [0.2, 0.25) is 0 Å². The third-order valence-electron chi connectivity index (χ3n) is 14.6. The van der Waals surface area contributed by atoms with Gasteiger partial charge in [-0.3, -0.25) is 0 Å². The summed E-state index contributed by atoms with van der Waals surface area (Å²) < 4.78 is 0. The first-order chi connectivity index (χ1) is 37.2. The Balaban J connectivity index is 0.950. The highest BCUT2D eigenvalue weighted by molar-refractivity contribution is 6.22. The third kappa shape index (κ3) is 8.88. The second-order valence-corrected chi connectivity index (χ2v) is 19.2. The van der Waals surface area contributed by atoms with Crippen LogP contribution >= 0.6 is 0 Å². The van der Waals surface area contributed by atoms with E-state index in [-0.39, 0.29) is 0 Å². The van der Waals surface area contributed by atoms with Gasteiger partial charge in [0.2, 0.25) is 0 Å². The Bertz CT molecular complexity index is 4040. The summed E-state index contributed by atoms with van der Waals surface area (Å²) in [6, 6.07) is 113. The standard InChI is InChI=1S/C74H51N/c1-7-21-52(22-8-1)60-39-45-67(71(50-60)56-27-13-4-14-28-56)57-37-43-65(44-38-57)75(66-48-62(53-23-9-2-10-24-53)47-63(49-66)54-25-11-3-12-26-54)64-41-35-55(36-42-64)61-40-46-70-72(51-61)68-33-19-20-34-69(68)73(58-29-15-5-16-30-58)74(70)59-31-17-6-18-32-59/h1-51H. The van der Waals surface area contributed by atoms with Crippen LogP contribution in [0.25, 0.3) is 111 Å². The van der Waals surface area contributed by atoms with Gasteiger partial charge in [-0.1, -0.05) is 255 Å². The molecule has 0 N–H and O–H groups in total. The molecule has 0 spiro atoms. The molecule has 0 aromatic heterocycles. The van der Waals surface area contributed by atoms with Gasteiger partial charge in [-0.25, -0.2) is 0 Å². The average molecular weight is 954 g/mol. The van der Waals surface area contributed by atoms with Crippen LogP contribution in [0.1, 0.15) is 0 Å². The molecule has 0 aliphatic rings. The Hall–Kier alpha value is -9.82. The van der Waals surface area contributed by atoms with E-state index in [9.17, 15) is 0 Å². The maximum absolute atomic E-state index is 2.41. The number of anilines is 3. The minimum absolute atomic E-state index is 1.07. The first kappa shape index (κ1) is 45.1. The molecule has 0 aliphatic carbocycles. The Morgan fingerprint density at radius 1 is 0.160 bits per heavy atom. The van der Waals surface area contributed by atoms with Crippen molar-refractivity contribution in [3.8, 4) is 89.0 Å². The molecule has 1 nitrogen and oxygen atoms in total. The Morgan fingerprint density at radius 2 is 0.507 bits per heavy atom. The van der Waals surface area contributed by atoms with Crippen LogP contribution in [0.5, 0.6) is 0 Å². The Morgan fingerprint density at radius 3 is 1.01 bits per heavy atom. The van der Waals surface area contributed by atoms with Crippen LogP contribution in [-0.4, -0.2) is 0 Å². The number of nitrogens with zero attached hydrogens (tertiary/aromatic N) is 1. The Kier molecular flexibility index (Phi) is 12.0. The minimum Gasteiger partial charge on any atom is -0.310 e. The molecule has 13 aromatic rings. The number of hydrogen-bond acceptors (Lipinski definition) is 1. The molecule has 13 rings (SSSR count). The fraction of sp³-hybridized carbons (Fsp3) is 0. The summed E-state index contributed by atoms with van der Waals surface area (Å²) in [4.78, 5) is 2.41. The van der Waals surface area contributed by atoms with E-state index >= 15 is 0 Å². The lowest BCUT2D eigenvalue weighted by Crippen LogP contribution is -2.10. The molecule has 0 atom stereocenters. The highest BCUT2D eigenvalue weighted by Crippen LogP contribution is 2.47. The van der Waals surface area contributed by atoms with Gasteiger partial charge < -0.3 is 4.90 Å². The first-order valence-electron chi connectivity index (χ1n) is 25.8.